The van der Waals surface area contributed by atoms with Crippen LogP contribution in [0.5, 0.6) is 5.75 Å². The lowest BCUT2D eigenvalue weighted by Gasteiger charge is -2.04. The van der Waals surface area contributed by atoms with E-state index in [-0.39, 0.29) is 5.78 Å². The Balaban J connectivity index is 1.70. The van der Waals surface area contributed by atoms with E-state index < -0.39 is 0 Å². The van der Waals surface area contributed by atoms with Gasteiger partial charge in [0, 0.05) is 12.5 Å². The summed E-state index contributed by atoms with van der Waals surface area (Å²) in [5, 5.41) is 0. The number of aromatic nitrogens is 2. The molecule has 4 nitrogen and oxygen atoms in total. The first-order valence-corrected chi connectivity index (χ1v) is 9.36. The minimum absolute atomic E-state index is 0.0818. The fourth-order valence-corrected chi connectivity index (χ4v) is 3.59. The molecular weight excluding hydrogens is 348 g/mol. The third-order valence-corrected chi connectivity index (χ3v) is 5.14. The quantitative estimate of drug-likeness (QED) is 0.376. The molecule has 3 aromatic carbocycles. The molecule has 4 heteroatoms. The molecule has 4 rings (SSSR count). The Labute approximate surface area is 164 Å². The van der Waals surface area contributed by atoms with Gasteiger partial charge in [-0.25, -0.2) is 9.13 Å². The Kier molecular flexibility index (Phi) is 4.94. The molecule has 140 valence electrons. The average Bonchev–Trinajstić information content (AvgIpc) is 3.00. The average molecular weight is 371 g/mol. The van der Waals surface area contributed by atoms with Gasteiger partial charge in [0.15, 0.2) is 17.6 Å². The van der Waals surface area contributed by atoms with Gasteiger partial charge in [0.1, 0.15) is 12.3 Å². The molecule has 0 aliphatic rings. The topological polar surface area (TPSA) is 35.1 Å². The molecule has 0 aliphatic carbocycles. The predicted octanol–water partition coefficient (Wildman–Crippen LogP) is 4.18. The van der Waals surface area contributed by atoms with Crippen molar-refractivity contribution < 1.29 is 14.1 Å². The Morgan fingerprint density at radius 2 is 1.61 bits per heavy atom. The van der Waals surface area contributed by atoms with E-state index in [1.54, 1.807) is 7.11 Å². The second kappa shape index (κ2) is 7.69. The van der Waals surface area contributed by atoms with E-state index in [2.05, 4.69) is 52.5 Å². The zero-order valence-electron chi connectivity index (χ0n) is 16.1. The summed E-state index contributed by atoms with van der Waals surface area (Å²) < 4.78 is 9.56. The van der Waals surface area contributed by atoms with Gasteiger partial charge in [0.05, 0.1) is 7.11 Å². The maximum atomic E-state index is 12.9. The summed E-state index contributed by atoms with van der Waals surface area (Å²) >= 11 is 0. The molecular formula is C24H23N2O2+. The number of carbonyl (C=O) groups excluding carboxylic acids is 1. The Hall–Kier alpha value is -3.40. The summed E-state index contributed by atoms with van der Waals surface area (Å²) in [6, 6.07) is 25.9. The van der Waals surface area contributed by atoms with Crippen LogP contribution >= 0.6 is 0 Å². The number of nitrogens with zero attached hydrogens (tertiary/aromatic N) is 2. The number of benzene rings is 3. The van der Waals surface area contributed by atoms with Gasteiger partial charge in [-0.3, -0.25) is 4.79 Å². The third-order valence-electron chi connectivity index (χ3n) is 5.14. The van der Waals surface area contributed by atoms with Crippen molar-refractivity contribution >= 4 is 16.8 Å². The van der Waals surface area contributed by atoms with Crippen molar-refractivity contribution in [1.82, 2.24) is 4.57 Å². The van der Waals surface area contributed by atoms with Crippen LogP contribution in [-0.4, -0.2) is 17.5 Å². The standard InChI is InChI=1S/C24H23N2O2/c1-18-25(16-19-8-4-3-5-9-19)22-10-6-7-11-23(22)26(18)17-24(27)20-12-14-21(28-2)15-13-20/h3-15H,16-17H2,1-2H3/q+1. The largest absolute Gasteiger partial charge is 0.497 e. The number of methoxy groups -OCH3 is 1. The molecule has 0 spiro atoms. The second-order valence-electron chi connectivity index (χ2n) is 6.85. The molecule has 1 heterocycles. The van der Waals surface area contributed by atoms with Crippen molar-refractivity contribution in [3.8, 4) is 5.75 Å². The summed E-state index contributed by atoms with van der Waals surface area (Å²) in [7, 11) is 1.62. The molecule has 0 saturated carbocycles. The second-order valence-corrected chi connectivity index (χ2v) is 6.85. The lowest BCUT2D eigenvalue weighted by atomic mass is 10.1. The highest BCUT2D eigenvalue weighted by Crippen LogP contribution is 2.17. The molecule has 0 bridgehead atoms. The van der Waals surface area contributed by atoms with E-state index in [9.17, 15) is 4.79 Å². The van der Waals surface area contributed by atoms with Gasteiger partial charge in [-0.1, -0.05) is 42.5 Å². The molecule has 0 saturated heterocycles. The minimum atomic E-state index is 0.0818. The number of para-hydroxylation sites is 2. The van der Waals surface area contributed by atoms with E-state index in [0.29, 0.717) is 12.1 Å². The van der Waals surface area contributed by atoms with Crippen LogP contribution in [0.2, 0.25) is 0 Å². The van der Waals surface area contributed by atoms with Crippen LogP contribution in [0, 0.1) is 6.92 Å². The van der Waals surface area contributed by atoms with Gasteiger partial charge in [-0.2, -0.15) is 0 Å². The molecule has 0 aliphatic heterocycles. The highest BCUT2D eigenvalue weighted by atomic mass is 16.5. The molecule has 0 radical (unpaired) electrons. The first kappa shape index (κ1) is 18.0. The van der Waals surface area contributed by atoms with Gasteiger partial charge in [0.2, 0.25) is 5.78 Å². The SMILES string of the molecule is COc1ccc(C(=O)Cn2c(C)[n+](Cc3ccccc3)c3ccccc32)cc1. The smallest absolute Gasteiger partial charge is 0.254 e. The van der Waals surface area contributed by atoms with Gasteiger partial charge >= 0.3 is 0 Å². The molecule has 0 atom stereocenters. The van der Waals surface area contributed by atoms with E-state index in [1.807, 2.05) is 42.5 Å². The van der Waals surface area contributed by atoms with Gasteiger partial charge in [0.25, 0.3) is 5.82 Å². The fraction of sp³-hybridized carbons (Fsp3) is 0.167. The van der Waals surface area contributed by atoms with Crippen molar-refractivity contribution in [2.24, 2.45) is 0 Å². The number of hydrogen-bond acceptors (Lipinski definition) is 2. The van der Waals surface area contributed by atoms with E-state index in [0.717, 1.165) is 29.2 Å². The number of ketones is 1. The number of fused-ring (bicyclic) bond motifs is 1. The van der Waals surface area contributed by atoms with E-state index in [1.165, 1.54) is 5.56 Å². The van der Waals surface area contributed by atoms with Crippen LogP contribution in [0.4, 0.5) is 0 Å². The number of rotatable bonds is 6. The third kappa shape index (κ3) is 3.41. The Morgan fingerprint density at radius 1 is 0.929 bits per heavy atom. The highest BCUT2D eigenvalue weighted by molar-refractivity contribution is 5.96. The molecule has 0 amide bonds. The number of hydrogen-bond donors (Lipinski definition) is 0. The van der Waals surface area contributed by atoms with Crippen molar-refractivity contribution in [2.45, 2.75) is 20.0 Å². The number of Topliss-reactive ketones (excluding diaryl/α,β-unsaturated/α-hetero) is 1. The first-order chi connectivity index (χ1) is 13.7. The highest BCUT2D eigenvalue weighted by Gasteiger charge is 2.23. The molecule has 1 aromatic heterocycles. The van der Waals surface area contributed by atoms with Crippen LogP contribution in [0.3, 0.4) is 0 Å². The molecule has 0 unspecified atom stereocenters. The number of ether oxygens (including phenoxy) is 1. The Bertz CT molecular complexity index is 1110. The van der Waals surface area contributed by atoms with Gasteiger partial charge in [-0.05, 0) is 42.0 Å². The van der Waals surface area contributed by atoms with E-state index >= 15 is 0 Å². The van der Waals surface area contributed by atoms with Crippen LogP contribution in [0.25, 0.3) is 11.0 Å². The summed E-state index contributed by atoms with van der Waals surface area (Å²) in [6.45, 7) is 3.15. The van der Waals surface area contributed by atoms with Crippen LogP contribution in [0.1, 0.15) is 21.7 Å². The minimum Gasteiger partial charge on any atom is -0.497 e. The molecule has 0 N–H and O–H groups in total. The Morgan fingerprint density at radius 3 is 2.32 bits per heavy atom. The van der Waals surface area contributed by atoms with Crippen LogP contribution < -0.4 is 9.30 Å². The summed E-state index contributed by atoms with van der Waals surface area (Å²) in [4.78, 5) is 12.9. The van der Waals surface area contributed by atoms with Crippen LogP contribution in [-0.2, 0) is 13.1 Å². The van der Waals surface area contributed by atoms with Crippen LogP contribution in [0.15, 0.2) is 78.9 Å². The summed E-state index contributed by atoms with van der Waals surface area (Å²) in [6.07, 6.45) is 0. The molecule has 28 heavy (non-hydrogen) atoms. The maximum absolute atomic E-state index is 12.9. The predicted molar refractivity (Wildman–Crippen MR) is 110 cm³/mol. The molecule has 0 fully saturated rings. The summed E-state index contributed by atoms with van der Waals surface area (Å²) in [5.41, 5.74) is 4.12. The van der Waals surface area contributed by atoms with E-state index in [4.69, 9.17) is 4.74 Å². The fourth-order valence-electron chi connectivity index (χ4n) is 3.59. The summed E-state index contributed by atoms with van der Waals surface area (Å²) in [5.74, 6) is 1.89. The zero-order valence-corrected chi connectivity index (χ0v) is 16.1. The normalized spacial score (nSPS) is 10.9. The van der Waals surface area contributed by atoms with Gasteiger partial charge in [-0.15, -0.1) is 0 Å². The first-order valence-electron chi connectivity index (χ1n) is 9.36. The molecule has 4 aromatic rings. The van der Waals surface area contributed by atoms with Crippen molar-refractivity contribution in [3.05, 3.63) is 95.8 Å². The van der Waals surface area contributed by atoms with Crippen molar-refractivity contribution in [1.29, 1.82) is 0 Å². The lowest BCUT2D eigenvalue weighted by molar-refractivity contribution is -0.669. The van der Waals surface area contributed by atoms with Gasteiger partial charge < -0.3 is 4.74 Å². The number of imidazole rings is 1. The monoisotopic (exact) mass is 371 g/mol. The number of carbonyl (C=O) groups is 1. The maximum Gasteiger partial charge on any atom is 0.254 e. The lowest BCUT2D eigenvalue weighted by Crippen LogP contribution is -2.37. The van der Waals surface area contributed by atoms with Crippen molar-refractivity contribution in [3.63, 3.8) is 0 Å². The van der Waals surface area contributed by atoms with Crippen molar-refractivity contribution in [2.75, 3.05) is 7.11 Å². The zero-order chi connectivity index (χ0) is 19.5.